The normalized spacial score (nSPS) is 30.8. The van der Waals surface area contributed by atoms with Gasteiger partial charge in [0.05, 0.1) is 25.0 Å². The number of rotatable bonds is 21. The topological polar surface area (TPSA) is 60.6 Å². The van der Waals surface area contributed by atoms with Crippen LogP contribution in [-0.4, -0.2) is 49.2 Å². The van der Waals surface area contributed by atoms with Crippen molar-refractivity contribution in [2.24, 2.45) is 5.92 Å². The summed E-state index contributed by atoms with van der Waals surface area (Å²) in [6.07, 6.45) is 30.3. The fourth-order valence-electron chi connectivity index (χ4n) is 6.74. The van der Waals surface area contributed by atoms with Gasteiger partial charge in [-0.3, -0.25) is 4.79 Å². The Labute approximate surface area is 251 Å². The summed E-state index contributed by atoms with van der Waals surface area (Å²) in [6, 6.07) is 0. The van der Waals surface area contributed by atoms with Crippen molar-refractivity contribution < 1.29 is 23.7 Å². The number of methoxy groups -OCH3 is 1. The quantitative estimate of drug-likeness (QED) is 0.0594. The van der Waals surface area contributed by atoms with E-state index in [1.807, 2.05) is 6.08 Å². The summed E-state index contributed by atoms with van der Waals surface area (Å²) in [5.41, 5.74) is 0.801. The smallest absolute Gasteiger partial charge is 0.309 e. The number of hydrogen-bond acceptors (Lipinski definition) is 5. The van der Waals surface area contributed by atoms with Gasteiger partial charge in [-0.1, -0.05) is 87.8 Å². The Morgan fingerprint density at radius 3 is 2.05 bits per heavy atom. The number of esters is 1. The first-order chi connectivity index (χ1) is 19.9. The third-order valence-corrected chi connectivity index (χ3v) is 9.35. The zero-order valence-corrected chi connectivity index (χ0v) is 27.0. The number of allylic oxidation sites excluding steroid dienone is 4. The van der Waals surface area contributed by atoms with Gasteiger partial charge in [-0.15, -0.1) is 0 Å². The molecule has 5 heteroatoms. The lowest BCUT2D eigenvalue weighted by atomic mass is 9.68. The Balaban J connectivity index is 1.27. The maximum Gasteiger partial charge on any atom is 0.309 e. The molecule has 1 aliphatic carbocycles. The van der Waals surface area contributed by atoms with E-state index in [0.29, 0.717) is 6.42 Å². The third kappa shape index (κ3) is 11.0. The third-order valence-electron chi connectivity index (χ3n) is 9.35. The molecule has 3 rings (SSSR count). The lowest BCUT2D eigenvalue weighted by Gasteiger charge is -2.42. The van der Waals surface area contributed by atoms with E-state index in [1.165, 1.54) is 82.6 Å². The van der Waals surface area contributed by atoms with E-state index in [9.17, 15) is 4.79 Å². The van der Waals surface area contributed by atoms with E-state index in [0.717, 1.165) is 32.3 Å². The summed E-state index contributed by atoms with van der Waals surface area (Å²) in [5.74, 6) is -0.105. The molecule has 3 aliphatic rings. The summed E-state index contributed by atoms with van der Waals surface area (Å²) in [7, 11) is 1.73. The fraction of sp³-hybridized carbons (Fsp3) is 0.806. The van der Waals surface area contributed by atoms with Gasteiger partial charge in [0.25, 0.3) is 0 Å². The number of carbonyl (C=O) groups excluding carboxylic acids is 1. The number of ether oxygens (including phenoxy) is 4. The van der Waals surface area contributed by atoms with Crippen molar-refractivity contribution in [3.8, 4) is 0 Å². The lowest BCUT2D eigenvalue weighted by Crippen LogP contribution is -2.55. The summed E-state index contributed by atoms with van der Waals surface area (Å²) in [4.78, 5) is 12.7. The molecule has 1 saturated carbocycles. The Morgan fingerprint density at radius 1 is 0.902 bits per heavy atom. The molecule has 0 aromatic heterocycles. The predicted molar refractivity (Wildman–Crippen MR) is 168 cm³/mol. The van der Waals surface area contributed by atoms with Crippen molar-refractivity contribution in [2.75, 3.05) is 13.7 Å². The number of epoxide rings is 2. The highest BCUT2D eigenvalue weighted by Gasteiger charge is 2.72. The maximum atomic E-state index is 12.7. The van der Waals surface area contributed by atoms with Crippen molar-refractivity contribution in [1.29, 1.82) is 0 Å². The van der Waals surface area contributed by atoms with Gasteiger partial charge in [0.1, 0.15) is 23.4 Å². The van der Waals surface area contributed by atoms with Crippen LogP contribution in [0.5, 0.6) is 0 Å². The average molecular weight is 573 g/mol. The van der Waals surface area contributed by atoms with Crippen LogP contribution in [0, 0.1) is 5.92 Å². The van der Waals surface area contributed by atoms with Crippen molar-refractivity contribution in [1.82, 2.24) is 0 Å². The van der Waals surface area contributed by atoms with E-state index >= 15 is 0 Å². The molecular weight excluding hydrogens is 512 g/mol. The minimum absolute atomic E-state index is 0.0643. The number of carbonyl (C=O) groups is 1. The Hall–Kier alpha value is -1.43. The van der Waals surface area contributed by atoms with E-state index in [2.05, 4.69) is 52.0 Å². The molecule has 234 valence electrons. The average Bonchev–Trinajstić information content (AvgIpc) is 3.87. The van der Waals surface area contributed by atoms with Gasteiger partial charge in [0.15, 0.2) is 0 Å². The van der Waals surface area contributed by atoms with E-state index in [1.54, 1.807) is 7.11 Å². The zero-order chi connectivity index (χ0) is 29.6. The molecule has 0 N–H and O–H groups in total. The second kappa shape index (κ2) is 17.6. The molecule has 2 aliphatic heterocycles. The van der Waals surface area contributed by atoms with Crippen LogP contribution in [-0.2, 0) is 23.7 Å². The van der Waals surface area contributed by atoms with Crippen molar-refractivity contribution in [3.63, 3.8) is 0 Å². The maximum absolute atomic E-state index is 12.7. The molecule has 0 aromatic rings. The molecule has 2 heterocycles. The lowest BCUT2D eigenvalue weighted by molar-refractivity contribution is -0.171. The van der Waals surface area contributed by atoms with Crippen molar-refractivity contribution >= 4 is 5.97 Å². The molecule has 3 fully saturated rings. The van der Waals surface area contributed by atoms with E-state index < -0.39 is 0 Å². The highest BCUT2D eigenvalue weighted by atomic mass is 16.6. The molecular formula is C36H60O5. The van der Waals surface area contributed by atoms with E-state index in [4.69, 9.17) is 18.9 Å². The van der Waals surface area contributed by atoms with Crippen LogP contribution in [0.1, 0.15) is 137 Å². The van der Waals surface area contributed by atoms with Crippen LogP contribution in [0.2, 0.25) is 0 Å². The Kier molecular flexibility index (Phi) is 14.6. The molecule has 0 unspecified atom stereocenters. The van der Waals surface area contributed by atoms with Gasteiger partial charge in [-0.25, -0.2) is 0 Å². The summed E-state index contributed by atoms with van der Waals surface area (Å²) >= 11 is 0. The van der Waals surface area contributed by atoms with Gasteiger partial charge < -0.3 is 18.9 Å². The fourth-order valence-corrected chi connectivity index (χ4v) is 6.74. The Morgan fingerprint density at radius 2 is 1.49 bits per heavy atom. The van der Waals surface area contributed by atoms with Gasteiger partial charge in [0.2, 0.25) is 0 Å². The summed E-state index contributed by atoms with van der Waals surface area (Å²) < 4.78 is 24.3. The number of hydrogen-bond donors (Lipinski definition) is 0. The largest absolute Gasteiger partial charge is 0.459 e. The van der Waals surface area contributed by atoms with Crippen LogP contribution in [0.4, 0.5) is 0 Å². The van der Waals surface area contributed by atoms with Crippen molar-refractivity contribution in [2.45, 2.75) is 166 Å². The highest BCUT2D eigenvalue weighted by molar-refractivity contribution is 5.71. The zero-order valence-electron chi connectivity index (χ0n) is 27.0. The predicted octanol–water partition coefficient (Wildman–Crippen LogP) is 9.20. The molecule has 5 nitrogen and oxygen atoms in total. The van der Waals surface area contributed by atoms with Gasteiger partial charge in [-0.2, -0.15) is 0 Å². The molecule has 0 radical (unpaired) electrons. The minimum Gasteiger partial charge on any atom is -0.459 e. The first-order valence-electron chi connectivity index (χ1n) is 16.8. The standard InChI is InChI=1S/C36H60O5/c1-6-7-8-9-10-11-12-13-14-15-16-17-18-19-20-21-22-23-32(37)40-30-26-27-36(28-39-36)34(33(30)38-5)35(4)31(41-35)25-24-29(2)3/h11-12,21-22,24,30-31,33-34H,6-10,13-20,23,25-28H2,1-5H3/t30-,31-,33-,34-,35+,36+/m1/s1. The molecule has 0 amide bonds. The molecule has 1 spiro atoms. The SMILES string of the molecule is CCCCCCC=CCCCCCCCCC=CCC(=O)O[C@@H]1CC[C@]2(CO2)[C@@H]([C@@]2(C)O[C@@H]2CC=C(C)C)[C@@H]1OC. The second-order valence-corrected chi connectivity index (χ2v) is 13.1. The van der Waals surface area contributed by atoms with Crippen LogP contribution in [0.25, 0.3) is 0 Å². The van der Waals surface area contributed by atoms with Crippen LogP contribution < -0.4 is 0 Å². The molecule has 6 atom stereocenters. The van der Waals surface area contributed by atoms with Crippen molar-refractivity contribution in [3.05, 3.63) is 36.0 Å². The summed E-state index contributed by atoms with van der Waals surface area (Å²) in [5, 5.41) is 0. The second-order valence-electron chi connectivity index (χ2n) is 13.1. The van der Waals surface area contributed by atoms with Gasteiger partial charge in [-0.05, 0) is 78.6 Å². The first-order valence-corrected chi connectivity index (χ1v) is 16.8. The van der Waals surface area contributed by atoms with Crippen LogP contribution in [0.15, 0.2) is 36.0 Å². The van der Waals surface area contributed by atoms with Crippen LogP contribution >= 0.6 is 0 Å². The molecule has 0 aromatic carbocycles. The Bertz CT molecular complexity index is 852. The molecule has 41 heavy (non-hydrogen) atoms. The van der Waals surface area contributed by atoms with Crippen LogP contribution in [0.3, 0.4) is 0 Å². The minimum atomic E-state index is -0.307. The first kappa shape index (κ1) is 34.1. The summed E-state index contributed by atoms with van der Waals surface area (Å²) in [6.45, 7) is 9.42. The van der Waals surface area contributed by atoms with Gasteiger partial charge in [0, 0.05) is 7.11 Å². The van der Waals surface area contributed by atoms with Gasteiger partial charge >= 0.3 is 5.97 Å². The molecule has 0 bridgehead atoms. The number of unbranched alkanes of at least 4 members (excludes halogenated alkanes) is 11. The molecule has 2 saturated heterocycles. The monoisotopic (exact) mass is 572 g/mol. The highest BCUT2D eigenvalue weighted by Crippen LogP contribution is 2.59. The van der Waals surface area contributed by atoms with E-state index in [-0.39, 0.29) is 41.4 Å².